The highest BCUT2D eigenvalue weighted by molar-refractivity contribution is 6.31. The molecule has 1 amide bonds. The van der Waals surface area contributed by atoms with Crippen LogP contribution in [0, 0.1) is 0 Å². The minimum absolute atomic E-state index is 0.112. The van der Waals surface area contributed by atoms with Crippen molar-refractivity contribution in [3.05, 3.63) is 40.9 Å². The fourth-order valence-electron chi connectivity index (χ4n) is 1.94. The van der Waals surface area contributed by atoms with Gasteiger partial charge in [0.2, 0.25) is 0 Å². The van der Waals surface area contributed by atoms with Crippen LogP contribution in [-0.2, 0) is 0 Å². The van der Waals surface area contributed by atoms with E-state index in [1.807, 2.05) is 0 Å². The third-order valence-electron chi connectivity index (χ3n) is 2.79. The summed E-state index contributed by atoms with van der Waals surface area (Å²) in [5, 5.41) is 3.47. The van der Waals surface area contributed by atoms with E-state index in [1.165, 1.54) is 0 Å². The predicted molar refractivity (Wildman–Crippen MR) is 70.1 cm³/mol. The van der Waals surface area contributed by atoms with Crippen LogP contribution in [0.4, 0.5) is 5.69 Å². The molecule has 17 heavy (non-hydrogen) atoms. The zero-order chi connectivity index (χ0) is 12.3. The van der Waals surface area contributed by atoms with Gasteiger partial charge in [0.05, 0.1) is 0 Å². The molecule has 1 unspecified atom stereocenters. The van der Waals surface area contributed by atoms with Crippen LogP contribution < -0.4 is 11.1 Å². The van der Waals surface area contributed by atoms with Gasteiger partial charge in [-0.05, 0) is 37.5 Å². The van der Waals surface area contributed by atoms with E-state index in [4.69, 9.17) is 17.3 Å². The smallest absolute Gasteiger partial charge is 0.251 e. The lowest BCUT2D eigenvalue weighted by molar-refractivity contribution is 0.0935. The predicted octanol–water partition coefficient (Wildman–Crippen LogP) is 2.76. The van der Waals surface area contributed by atoms with Crippen molar-refractivity contribution in [2.75, 3.05) is 5.73 Å². The first-order valence-electron chi connectivity index (χ1n) is 5.67. The van der Waals surface area contributed by atoms with Gasteiger partial charge in [-0.1, -0.05) is 23.8 Å². The molecule has 0 fully saturated rings. The lowest BCUT2D eigenvalue weighted by atomic mass is 10.0. The van der Waals surface area contributed by atoms with E-state index in [9.17, 15) is 4.79 Å². The average Bonchev–Trinajstić information content (AvgIpc) is 2.29. The number of nitrogen functional groups attached to an aromatic ring is 1. The van der Waals surface area contributed by atoms with Gasteiger partial charge in [-0.15, -0.1) is 0 Å². The molecule has 2 rings (SSSR count). The quantitative estimate of drug-likeness (QED) is 0.626. The summed E-state index contributed by atoms with van der Waals surface area (Å²) in [6.45, 7) is 0. The summed E-state index contributed by atoms with van der Waals surface area (Å²) in [7, 11) is 0. The summed E-state index contributed by atoms with van der Waals surface area (Å²) in [6.07, 6.45) is 7.13. The van der Waals surface area contributed by atoms with Crippen LogP contribution in [0.2, 0.25) is 5.02 Å². The van der Waals surface area contributed by atoms with Crippen molar-refractivity contribution in [3.8, 4) is 0 Å². The highest BCUT2D eigenvalue weighted by Crippen LogP contribution is 2.17. The summed E-state index contributed by atoms with van der Waals surface area (Å²) in [5.74, 6) is -0.112. The molecular formula is C13H15ClN2O. The maximum Gasteiger partial charge on any atom is 0.251 e. The molecule has 1 atom stereocenters. The van der Waals surface area contributed by atoms with Crippen LogP contribution >= 0.6 is 11.6 Å². The molecule has 1 aliphatic carbocycles. The van der Waals surface area contributed by atoms with E-state index >= 15 is 0 Å². The zero-order valence-electron chi connectivity index (χ0n) is 9.45. The van der Waals surface area contributed by atoms with Gasteiger partial charge in [0.1, 0.15) is 0 Å². The highest BCUT2D eigenvalue weighted by atomic mass is 35.5. The van der Waals surface area contributed by atoms with Crippen LogP contribution in [0.5, 0.6) is 0 Å². The number of carbonyl (C=O) groups is 1. The monoisotopic (exact) mass is 250 g/mol. The molecule has 90 valence electrons. The van der Waals surface area contributed by atoms with Crippen molar-refractivity contribution in [1.82, 2.24) is 5.32 Å². The third-order valence-corrected chi connectivity index (χ3v) is 3.00. The number of hydrogen-bond acceptors (Lipinski definition) is 2. The third kappa shape index (κ3) is 3.24. The van der Waals surface area contributed by atoms with Gasteiger partial charge in [0.25, 0.3) is 5.91 Å². The second-order valence-corrected chi connectivity index (χ2v) is 4.66. The Hall–Kier alpha value is -1.48. The van der Waals surface area contributed by atoms with Gasteiger partial charge in [0, 0.05) is 22.3 Å². The van der Waals surface area contributed by atoms with Gasteiger partial charge in [-0.2, -0.15) is 0 Å². The molecular weight excluding hydrogens is 236 g/mol. The minimum Gasteiger partial charge on any atom is -0.399 e. The lowest BCUT2D eigenvalue weighted by Crippen LogP contribution is -2.35. The fourth-order valence-corrected chi connectivity index (χ4v) is 2.18. The number of halogens is 1. The first kappa shape index (κ1) is 12.0. The Labute approximate surface area is 106 Å². The molecule has 0 saturated carbocycles. The maximum absolute atomic E-state index is 12.0. The highest BCUT2D eigenvalue weighted by Gasteiger charge is 2.14. The normalized spacial score (nSPS) is 19.0. The molecule has 1 aromatic carbocycles. The summed E-state index contributed by atoms with van der Waals surface area (Å²) in [6, 6.07) is 5.11. The number of hydrogen-bond donors (Lipinski definition) is 2. The lowest BCUT2D eigenvalue weighted by Gasteiger charge is -2.19. The molecule has 0 saturated heterocycles. The van der Waals surface area contributed by atoms with E-state index < -0.39 is 0 Å². The van der Waals surface area contributed by atoms with E-state index in [-0.39, 0.29) is 11.9 Å². The first-order valence-corrected chi connectivity index (χ1v) is 6.05. The summed E-state index contributed by atoms with van der Waals surface area (Å²) < 4.78 is 0. The number of carbonyl (C=O) groups excluding carboxylic acids is 1. The first-order chi connectivity index (χ1) is 8.15. The molecule has 3 N–H and O–H groups in total. The Morgan fingerprint density at radius 2 is 2.18 bits per heavy atom. The number of nitrogens with two attached hydrogens (primary N) is 1. The second kappa shape index (κ2) is 5.23. The largest absolute Gasteiger partial charge is 0.399 e. The van der Waals surface area contributed by atoms with Crippen molar-refractivity contribution in [2.45, 2.75) is 25.3 Å². The number of rotatable bonds is 2. The van der Waals surface area contributed by atoms with Gasteiger partial charge >= 0.3 is 0 Å². The number of benzene rings is 1. The van der Waals surface area contributed by atoms with Crippen LogP contribution in [0.15, 0.2) is 30.4 Å². The van der Waals surface area contributed by atoms with E-state index in [0.29, 0.717) is 16.3 Å². The van der Waals surface area contributed by atoms with Gasteiger partial charge in [0.15, 0.2) is 0 Å². The average molecular weight is 251 g/mol. The molecule has 1 aromatic rings. The van der Waals surface area contributed by atoms with Crippen molar-refractivity contribution in [3.63, 3.8) is 0 Å². The molecule has 3 nitrogen and oxygen atoms in total. The minimum atomic E-state index is -0.112. The number of nitrogens with one attached hydrogen (secondary N) is 1. The maximum atomic E-state index is 12.0. The Morgan fingerprint density at radius 1 is 1.35 bits per heavy atom. The summed E-state index contributed by atoms with van der Waals surface area (Å²) in [5.41, 5.74) is 6.68. The van der Waals surface area contributed by atoms with E-state index in [2.05, 4.69) is 17.5 Å². The molecule has 4 heteroatoms. The molecule has 0 aromatic heterocycles. The van der Waals surface area contributed by atoms with Gasteiger partial charge < -0.3 is 11.1 Å². The Kier molecular flexibility index (Phi) is 3.69. The van der Waals surface area contributed by atoms with Crippen molar-refractivity contribution < 1.29 is 4.79 Å². The second-order valence-electron chi connectivity index (χ2n) is 4.23. The van der Waals surface area contributed by atoms with Crippen molar-refractivity contribution in [1.29, 1.82) is 0 Å². The Balaban J connectivity index is 2.06. The number of amides is 1. The Bertz CT molecular complexity index is 436. The number of allylic oxidation sites excluding steroid dienone is 1. The standard InChI is InChI=1S/C13H15ClN2O/c14-10-6-9(7-11(15)8-10)13(17)16-12-4-2-1-3-5-12/h1-2,6-8,12H,3-5,15H2,(H,16,17). The molecule has 0 heterocycles. The van der Waals surface area contributed by atoms with Crippen molar-refractivity contribution in [2.24, 2.45) is 0 Å². The molecule has 1 aliphatic rings. The summed E-state index contributed by atoms with van der Waals surface area (Å²) >= 11 is 5.87. The van der Waals surface area contributed by atoms with Crippen LogP contribution in [-0.4, -0.2) is 11.9 Å². The Morgan fingerprint density at radius 3 is 2.82 bits per heavy atom. The summed E-state index contributed by atoms with van der Waals surface area (Å²) in [4.78, 5) is 12.0. The number of anilines is 1. The van der Waals surface area contributed by atoms with Crippen LogP contribution in [0.25, 0.3) is 0 Å². The van der Waals surface area contributed by atoms with Gasteiger partial charge in [-0.3, -0.25) is 4.79 Å². The van der Waals surface area contributed by atoms with E-state index in [1.54, 1.807) is 18.2 Å². The van der Waals surface area contributed by atoms with Gasteiger partial charge in [-0.25, -0.2) is 0 Å². The molecule has 0 aliphatic heterocycles. The van der Waals surface area contributed by atoms with Crippen molar-refractivity contribution >= 4 is 23.2 Å². The van der Waals surface area contributed by atoms with Crippen LogP contribution in [0.3, 0.4) is 0 Å². The van der Waals surface area contributed by atoms with Crippen LogP contribution in [0.1, 0.15) is 29.6 Å². The molecule has 0 spiro atoms. The molecule has 0 radical (unpaired) electrons. The SMILES string of the molecule is Nc1cc(Cl)cc(C(=O)NC2CC=CCC2)c1. The zero-order valence-corrected chi connectivity index (χ0v) is 10.2. The topological polar surface area (TPSA) is 55.1 Å². The fraction of sp³-hybridized carbons (Fsp3) is 0.308. The van der Waals surface area contributed by atoms with E-state index in [0.717, 1.165) is 19.3 Å². The molecule has 0 bridgehead atoms.